The van der Waals surface area contributed by atoms with E-state index < -0.39 is 5.97 Å². The molecule has 0 saturated heterocycles. The minimum absolute atomic E-state index is 0.253. The largest absolute Gasteiger partial charge is 0.491 e. The van der Waals surface area contributed by atoms with E-state index in [9.17, 15) is 14.7 Å². The Bertz CT molecular complexity index is 890. The van der Waals surface area contributed by atoms with Crippen molar-refractivity contribution in [2.24, 2.45) is 18.9 Å². The summed E-state index contributed by atoms with van der Waals surface area (Å²) in [7, 11) is 1.67. The molecule has 2 aliphatic rings. The van der Waals surface area contributed by atoms with Gasteiger partial charge in [-0.05, 0) is 50.2 Å². The van der Waals surface area contributed by atoms with Crippen LogP contribution in [0.5, 0.6) is 5.75 Å². The first-order valence-electron chi connectivity index (χ1n) is 9.78. The zero-order valence-electron chi connectivity index (χ0n) is 15.9. The zero-order chi connectivity index (χ0) is 19.7. The fraction of sp³-hybridized carbons (Fsp3) is 0.550. The van der Waals surface area contributed by atoms with Crippen molar-refractivity contribution in [1.29, 1.82) is 0 Å². The molecule has 0 aliphatic heterocycles. The van der Waals surface area contributed by atoms with Crippen LogP contribution in [0.4, 0.5) is 0 Å². The summed E-state index contributed by atoms with van der Waals surface area (Å²) in [5, 5.41) is 17.2. The molecule has 2 aromatic heterocycles. The molecule has 0 aromatic carbocycles. The fourth-order valence-electron chi connectivity index (χ4n) is 3.92. The highest BCUT2D eigenvalue weighted by Crippen LogP contribution is 2.44. The van der Waals surface area contributed by atoms with Crippen molar-refractivity contribution < 1.29 is 19.4 Å². The van der Waals surface area contributed by atoms with Gasteiger partial charge in [-0.25, -0.2) is 9.67 Å². The first-order valence-corrected chi connectivity index (χ1v) is 9.78. The molecule has 0 spiro atoms. The average Bonchev–Trinajstić information content (AvgIpc) is 3.48. The van der Waals surface area contributed by atoms with Crippen molar-refractivity contribution in [2.45, 2.75) is 44.4 Å². The van der Waals surface area contributed by atoms with E-state index >= 15 is 0 Å². The summed E-state index contributed by atoms with van der Waals surface area (Å²) in [6.07, 6.45) is 6.22. The number of carboxylic acid groups (broad SMARTS) is 1. The third-order valence-corrected chi connectivity index (χ3v) is 5.68. The predicted molar refractivity (Wildman–Crippen MR) is 100 cm³/mol. The molecule has 2 aromatic rings. The van der Waals surface area contributed by atoms with Gasteiger partial charge in [-0.15, -0.1) is 5.10 Å². The van der Waals surface area contributed by atoms with Crippen molar-refractivity contribution in [1.82, 2.24) is 20.0 Å². The van der Waals surface area contributed by atoms with Crippen molar-refractivity contribution in [3.63, 3.8) is 0 Å². The van der Waals surface area contributed by atoms with Crippen LogP contribution in [0.25, 0.3) is 11.4 Å². The molecule has 1 N–H and O–H groups in total. The highest BCUT2D eigenvalue weighted by molar-refractivity contribution is 5.82. The van der Waals surface area contributed by atoms with Crippen LogP contribution >= 0.6 is 0 Å². The molecular formula is C20H24N4O4. The second kappa shape index (κ2) is 7.69. The Balaban J connectivity index is 1.52. The van der Waals surface area contributed by atoms with E-state index in [1.54, 1.807) is 13.1 Å². The molecule has 8 nitrogen and oxygen atoms in total. The first-order chi connectivity index (χ1) is 13.6. The Morgan fingerprint density at radius 2 is 2.14 bits per heavy atom. The number of ether oxygens (including phenoxy) is 1. The second-order valence-electron chi connectivity index (χ2n) is 7.80. The monoisotopic (exact) mass is 384 g/mol. The highest BCUT2D eigenvalue weighted by Gasteiger charge is 2.31. The van der Waals surface area contributed by atoms with Crippen molar-refractivity contribution in [2.75, 3.05) is 6.61 Å². The molecule has 4 rings (SSSR count). The fourth-order valence-corrected chi connectivity index (χ4v) is 3.92. The zero-order valence-corrected chi connectivity index (χ0v) is 15.9. The number of hydrogen-bond donors (Lipinski definition) is 1. The van der Waals surface area contributed by atoms with Crippen LogP contribution in [0.15, 0.2) is 12.1 Å². The third kappa shape index (κ3) is 3.76. The normalized spacial score (nSPS) is 22.0. The number of aldehydes is 1. The van der Waals surface area contributed by atoms with E-state index in [2.05, 4.69) is 10.3 Å². The summed E-state index contributed by atoms with van der Waals surface area (Å²) in [4.78, 5) is 27.3. The summed E-state index contributed by atoms with van der Waals surface area (Å²) >= 11 is 0. The average molecular weight is 384 g/mol. The van der Waals surface area contributed by atoms with Crippen molar-refractivity contribution in [3.8, 4) is 17.1 Å². The maximum absolute atomic E-state index is 11.3. The van der Waals surface area contributed by atoms with Crippen molar-refractivity contribution >= 4 is 12.3 Å². The molecule has 148 valence electrons. The SMILES string of the molecule is Cn1nnc(-c2ccc(OC[C@H]3CCC[C@H](C(=O)O)C3)c(C3CC3)n2)c1C=O. The second-order valence-corrected chi connectivity index (χ2v) is 7.80. The number of nitrogens with zero attached hydrogens (tertiary/aromatic N) is 4. The number of aromatic nitrogens is 4. The molecule has 28 heavy (non-hydrogen) atoms. The summed E-state index contributed by atoms with van der Waals surface area (Å²) in [5.41, 5.74) is 2.38. The van der Waals surface area contributed by atoms with Gasteiger partial charge < -0.3 is 9.84 Å². The highest BCUT2D eigenvalue weighted by atomic mass is 16.5. The Morgan fingerprint density at radius 3 is 2.86 bits per heavy atom. The number of hydrogen-bond acceptors (Lipinski definition) is 6. The maximum Gasteiger partial charge on any atom is 0.306 e. The molecule has 0 amide bonds. The number of carboxylic acids is 1. The maximum atomic E-state index is 11.3. The summed E-state index contributed by atoms with van der Waals surface area (Å²) in [6.45, 7) is 0.509. The van der Waals surface area contributed by atoms with E-state index in [1.165, 1.54) is 4.68 Å². The van der Waals surface area contributed by atoms with Crippen LogP contribution in [0.1, 0.15) is 60.6 Å². The van der Waals surface area contributed by atoms with Crippen LogP contribution < -0.4 is 4.74 Å². The quantitative estimate of drug-likeness (QED) is 0.731. The molecule has 0 radical (unpaired) electrons. The van der Waals surface area contributed by atoms with Gasteiger partial charge in [-0.2, -0.15) is 0 Å². The standard InChI is InChI=1S/C20H24N4O4/c1-24-16(10-25)19(22-23-24)15-7-8-17(18(21-15)13-5-6-13)28-11-12-3-2-4-14(9-12)20(26)27/h7-8,10,12-14H,2-6,9,11H2,1H3,(H,26,27)/t12-,14-/m0/s1. The lowest BCUT2D eigenvalue weighted by Gasteiger charge is -2.26. The molecule has 2 fully saturated rings. The van der Waals surface area contributed by atoms with Crippen LogP contribution in [-0.2, 0) is 11.8 Å². The van der Waals surface area contributed by atoms with Crippen LogP contribution in [-0.4, -0.2) is 43.9 Å². The van der Waals surface area contributed by atoms with E-state index in [-0.39, 0.29) is 11.8 Å². The van der Waals surface area contributed by atoms with E-state index in [0.717, 1.165) is 49.8 Å². The van der Waals surface area contributed by atoms with Gasteiger partial charge in [0.05, 0.1) is 23.9 Å². The van der Waals surface area contributed by atoms with Gasteiger partial charge in [-0.1, -0.05) is 11.6 Å². The summed E-state index contributed by atoms with van der Waals surface area (Å²) in [5.74, 6) is 0.404. The Hall–Kier alpha value is -2.77. The molecule has 0 bridgehead atoms. The van der Waals surface area contributed by atoms with Gasteiger partial charge in [0.25, 0.3) is 0 Å². The van der Waals surface area contributed by atoms with Gasteiger partial charge in [0.15, 0.2) is 6.29 Å². The topological polar surface area (TPSA) is 107 Å². The Kier molecular flexibility index (Phi) is 5.11. The van der Waals surface area contributed by atoms with Gasteiger partial charge in [0.2, 0.25) is 0 Å². The van der Waals surface area contributed by atoms with Gasteiger partial charge in [-0.3, -0.25) is 9.59 Å². The molecular weight excluding hydrogens is 360 g/mol. The Morgan fingerprint density at radius 1 is 1.32 bits per heavy atom. The molecule has 8 heteroatoms. The third-order valence-electron chi connectivity index (χ3n) is 5.68. The summed E-state index contributed by atoms with van der Waals surface area (Å²) < 4.78 is 7.53. The lowest BCUT2D eigenvalue weighted by molar-refractivity contribution is -0.143. The number of aryl methyl sites for hydroxylation is 1. The van der Waals surface area contributed by atoms with Gasteiger partial charge >= 0.3 is 5.97 Å². The van der Waals surface area contributed by atoms with E-state index in [4.69, 9.17) is 9.72 Å². The van der Waals surface area contributed by atoms with E-state index in [0.29, 0.717) is 36.0 Å². The summed E-state index contributed by atoms with van der Waals surface area (Å²) in [6, 6.07) is 3.69. The number of aliphatic carboxylic acids is 1. The first kappa shape index (κ1) is 18.6. The lowest BCUT2D eigenvalue weighted by Crippen LogP contribution is -2.26. The molecule has 2 heterocycles. The van der Waals surface area contributed by atoms with Crippen molar-refractivity contribution in [3.05, 3.63) is 23.5 Å². The Labute approximate surface area is 162 Å². The number of rotatable bonds is 7. The molecule has 2 saturated carbocycles. The van der Waals surface area contributed by atoms with Gasteiger partial charge in [0.1, 0.15) is 17.1 Å². The smallest absolute Gasteiger partial charge is 0.306 e. The van der Waals surface area contributed by atoms with Crippen LogP contribution in [0.3, 0.4) is 0 Å². The number of carbonyl (C=O) groups is 2. The number of pyridine rings is 1. The minimum atomic E-state index is -0.704. The number of carbonyl (C=O) groups excluding carboxylic acids is 1. The molecule has 2 atom stereocenters. The van der Waals surface area contributed by atoms with E-state index in [1.807, 2.05) is 6.07 Å². The molecule has 2 aliphatic carbocycles. The van der Waals surface area contributed by atoms with Crippen LogP contribution in [0, 0.1) is 11.8 Å². The molecule has 0 unspecified atom stereocenters. The van der Waals surface area contributed by atoms with Crippen LogP contribution in [0.2, 0.25) is 0 Å². The lowest BCUT2D eigenvalue weighted by atomic mass is 9.82. The minimum Gasteiger partial charge on any atom is -0.491 e. The van der Waals surface area contributed by atoms with Gasteiger partial charge in [0, 0.05) is 13.0 Å². The predicted octanol–water partition coefficient (Wildman–Crippen LogP) is 2.84.